The second kappa shape index (κ2) is 12.3. The molecule has 0 fully saturated rings. The Morgan fingerprint density at radius 1 is 0.833 bits per heavy atom. The quantitative estimate of drug-likeness (QED) is 0.290. The minimum Gasteiger partial charge on any atom is -0.306 e. The summed E-state index contributed by atoms with van der Waals surface area (Å²) in [5.41, 5.74) is 17.4. The van der Waals surface area contributed by atoms with Gasteiger partial charge in [0.1, 0.15) is 12.5 Å². The van der Waals surface area contributed by atoms with E-state index < -0.39 is 8.53 Å². The molecule has 2 atom stereocenters. The molecule has 0 aromatic carbocycles. The monoisotopic (exact) mass is 279 g/mol. The van der Waals surface area contributed by atoms with Crippen molar-refractivity contribution >= 4 is 8.53 Å². The summed E-state index contributed by atoms with van der Waals surface area (Å²) >= 11 is 0. The lowest BCUT2D eigenvalue weighted by atomic mass is 10.2. The molecule has 0 bridgehead atoms. The van der Waals surface area contributed by atoms with Crippen LogP contribution in [-0.2, 0) is 9.05 Å². The summed E-state index contributed by atoms with van der Waals surface area (Å²) in [6, 6.07) is 0. The first-order valence-corrected chi connectivity index (χ1v) is 8.24. The normalized spacial score (nSPS) is 16.5. The fraction of sp³-hybridized carbons (Fsp3) is 1.00. The Labute approximate surface area is 113 Å². The summed E-state index contributed by atoms with van der Waals surface area (Å²) in [5, 5.41) is 0. The van der Waals surface area contributed by atoms with Crippen molar-refractivity contribution in [3.8, 4) is 0 Å². The Bertz CT molecular complexity index is 169. The largest absolute Gasteiger partial charge is 0.306 e. The molecular formula is C12H30N3O2P. The molecule has 6 N–H and O–H groups in total. The number of hydrogen-bond donors (Lipinski definition) is 3. The van der Waals surface area contributed by atoms with Crippen LogP contribution < -0.4 is 17.0 Å². The maximum atomic E-state index is 5.81. The average Bonchev–Trinajstić information content (AvgIpc) is 2.29. The highest BCUT2D eigenvalue weighted by atomic mass is 31.2. The van der Waals surface area contributed by atoms with Gasteiger partial charge in [-0.15, -0.1) is 0 Å². The Balaban J connectivity index is 3.58. The van der Waals surface area contributed by atoms with Gasteiger partial charge >= 0.3 is 0 Å². The smallest absolute Gasteiger partial charge is 0.256 e. The van der Waals surface area contributed by atoms with Crippen molar-refractivity contribution in [2.45, 2.75) is 77.7 Å². The molecule has 18 heavy (non-hydrogen) atoms. The van der Waals surface area contributed by atoms with Crippen molar-refractivity contribution in [2.75, 3.05) is 0 Å². The molecule has 0 aromatic heterocycles. The highest BCUT2D eigenvalue weighted by Crippen LogP contribution is 2.32. The van der Waals surface area contributed by atoms with Crippen LogP contribution in [-0.4, -0.2) is 12.5 Å². The van der Waals surface area contributed by atoms with E-state index in [0.29, 0.717) is 0 Å². The summed E-state index contributed by atoms with van der Waals surface area (Å²) in [6.45, 7) is 4.31. The van der Waals surface area contributed by atoms with E-state index in [1.807, 2.05) is 0 Å². The van der Waals surface area contributed by atoms with Gasteiger partial charge in [-0.25, -0.2) is 0 Å². The van der Waals surface area contributed by atoms with E-state index in [2.05, 4.69) is 13.8 Å². The topological polar surface area (TPSA) is 96.5 Å². The van der Waals surface area contributed by atoms with Crippen LogP contribution in [0.15, 0.2) is 0 Å². The number of hydrogen-bond acceptors (Lipinski definition) is 5. The molecule has 0 spiro atoms. The van der Waals surface area contributed by atoms with Gasteiger partial charge in [0.05, 0.1) is 0 Å². The molecule has 0 heterocycles. The molecule has 6 heteroatoms. The van der Waals surface area contributed by atoms with Crippen molar-refractivity contribution < 1.29 is 9.05 Å². The zero-order chi connectivity index (χ0) is 13.8. The van der Waals surface area contributed by atoms with Gasteiger partial charge in [-0.1, -0.05) is 39.5 Å². The van der Waals surface area contributed by atoms with Gasteiger partial charge in [0, 0.05) is 0 Å². The highest BCUT2D eigenvalue weighted by Gasteiger charge is 2.14. The SMILES string of the molecule is CCCCCC(N)OP(N)OC(N)CCCCC. The van der Waals surface area contributed by atoms with Gasteiger partial charge in [-0.3, -0.25) is 5.50 Å². The molecule has 0 amide bonds. The average molecular weight is 279 g/mol. The molecular weight excluding hydrogens is 249 g/mol. The fourth-order valence-corrected chi connectivity index (χ4v) is 2.38. The molecule has 0 radical (unpaired) electrons. The molecule has 0 aliphatic heterocycles. The summed E-state index contributed by atoms with van der Waals surface area (Å²) in [5.74, 6) is 0. The van der Waals surface area contributed by atoms with E-state index in [1.165, 1.54) is 12.8 Å². The van der Waals surface area contributed by atoms with E-state index in [4.69, 9.17) is 26.0 Å². The van der Waals surface area contributed by atoms with Gasteiger partial charge in [0.2, 0.25) is 0 Å². The van der Waals surface area contributed by atoms with Crippen LogP contribution in [0.5, 0.6) is 0 Å². The summed E-state index contributed by atoms with van der Waals surface area (Å²) in [6.07, 6.45) is 7.74. The molecule has 0 aliphatic carbocycles. The van der Waals surface area contributed by atoms with Crippen LogP contribution in [0.2, 0.25) is 0 Å². The van der Waals surface area contributed by atoms with Crippen LogP contribution in [0.25, 0.3) is 0 Å². The third kappa shape index (κ3) is 11.3. The van der Waals surface area contributed by atoms with E-state index >= 15 is 0 Å². The first kappa shape index (κ1) is 18.2. The second-order valence-corrected chi connectivity index (χ2v) is 5.56. The minimum atomic E-state index is -1.45. The van der Waals surface area contributed by atoms with Crippen molar-refractivity contribution in [1.82, 2.24) is 0 Å². The lowest BCUT2D eigenvalue weighted by Gasteiger charge is -2.21. The van der Waals surface area contributed by atoms with Crippen molar-refractivity contribution in [1.29, 1.82) is 0 Å². The third-order valence-electron chi connectivity index (χ3n) is 2.66. The second-order valence-electron chi connectivity index (χ2n) is 4.56. The first-order chi connectivity index (χ1) is 8.60. The minimum absolute atomic E-state index is 0.337. The fourth-order valence-electron chi connectivity index (χ4n) is 1.59. The molecule has 110 valence electrons. The summed E-state index contributed by atoms with van der Waals surface area (Å²) in [4.78, 5) is 0. The Hall–Kier alpha value is 0.230. The van der Waals surface area contributed by atoms with Crippen molar-refractivity contribution in [3.05, 3.63) is 0 Å². The summed E-state index contributed by atoms with van der Waals surface area (Å²) < 4.78 is 10.8. The molecule has 2 unspecified atom stereocenters. The first-order valence-electron chi connectivity index (χ1n) is 6.99. The standard InChI is InChI=1S/C12H30N3O2P/c1-3-5-7-9-11(13)16-18(15)17-12(14)10-8-6-4-2/h11-12H,3-10,13-15H2,1-2H3. The molecule has 0 rings (SSSR count). The lowest BCUT2D eigenvalue weighted by molar-refractivity contribution is 0.136. The zero-order valence-corrected chi connectivity index (χ0v) is 12.7. The van der Waals surface area contributed by atoms with Crippen molar-refractivity contribution in [3.63, 3.8) is 0 Å². The van der Waals surface area contributed by atoms with Gasteiger partial charge in [0.25, 0.3) is 8.53 Å². The van der Waals surface area contributed by atoms with Crippen LogP contribution in [0.4, 0.5) is 0 Å². The van der Waals surface area contributed by atoms with E-state index in [1.54, 1.807) is 0 Å². The van der Waals surface area contributed by atoms with Crippen LogP contribution in [0.3, 0.4) is 0 Å². The molecule has 0 aliphatic rings. The third-order valence-corrected chi connectivity index (χ3v) is 3.62. The maximum Gasteiger partial charge on any atom is 0.256 e. The zero-order valence-electron chi connectivity index (χ0n) is 11.8. The van der Waals surface area contributed by atoms with Gasteiger partial charge in [-0.2, -0.15) is 0 Å². The van der Waals surface area contributed by atoms with E-state index in [0.717, 1.165) is 38.5 Å². The Morgan fingerprint density at radius 3 is 1.56 bits per heavy atom. The lowest BCUT2D eigenvalue weighted by Crippen LogP contribution is -2.27. The van der Waals surface area contributed by atoms with Crippen LogP contribution >= 0.6 is 8.53 Å². The number of nitrogens with two attached hydrogens (primary N) is 3. The number of unbranched alkanes of at least 4 members (excludes halogenated alkanes) is 4. The highest BCUT2D eigenvalue weighted by molar-refractivity contribution is 7.44. The van der Waals surface area contributed by atoms with Crippen LogP contribution in [0.1, 0.15) is 65.2 Å². The van der Waals surface area contributed by atoms with Gasteiger partial charge in [0.15, 0.2) is 0 Å². The van der Waals surface area contributed by atoms with Gasteiger partial charge in [-0.05, 0) is 25.7 Å². The van der Waals surface area contributed by atoms with Crippen LogP contribution in [0, 0.1) is 0 Å². The molecule has 5 nitrogen and oxygen atoms in total. The van der Waals surface area contributed by atoms with Crippen molar-refractivity contribution in [2.24, 2.45) is 17.0 Å². The van der Waals surface area contributed by atoms with E-state index in [-0.39, 0.29) is 12.5 Å². The summed E-state index contributed by atoms with van der Waals surface area (Å²) in [7, 11) is -1.45. The predicted octanol–water partition coefficient (Wildman–Crippen LogP) is 2.94. The van der Waals surface area contributed by atoms with Gasteiger partial charge < -0.3 is 20.5 Å². The number of rotatable bonds is 12. The molecule has 0 saturated carbocycles. The Kier molecular flexibility index (Phi) is 12.4. The molecule has 0 saturated heterocycles. The molecule has 0 aromatic rings. The van der Waals surface area contributed by atoms with E-state index in [9.17, 15) is 0 Å². The maximum absolute atomic E-state index is 5.81. The Morgan fingerprint density at radius 2 is 1.22 bits per heavy atom. The predicted molar refractivity (Wildman–Crippen MR) is 77.5 cm³/mol.